The van der Waals surface area contributed by atoms with E-state index in [1.165, 1.54) is 19.3 Å². The zero-order valence-electron chi connectivity index (χ0n) is 11.4. The average Bonchev–Trinajstić information content (AvgIpc) is 2.46. The van der Waals surface area contributed by atoms with Crippen molar-refractivity contribution in [2.75, 3.05) is 20.3 Å². The molecular weight excluding hydrogens is 278 g/mol. The Morgan fingerprint density at radius 2 is 2.48 bits per heavy atom. The highest BCUT2D eigenvalue weighted by atomic mass is 16.6. The van der Waals surface area contributed by atoms with Gasteiger partial charge in [0, 0.05) is 18.2 Å². The summed E-state index contributed by atoms with van der Waals surface area (Å²) in [6.07, 6.45) is 1.52. The molecule has 0 radical (unpaired) electrons. The van der Waals surface area contributed by atoms with Gasteiger partial charge in [0.25, 0.3) is 0 Å². The average molecular weight is 293 g/mol. The number of pyridine rings is 1. The Hall–Kier alpha value is -2.61. The van der Waals surface area contributed by atoms with Crippen molar-refractivity contribution in [3.63, 3.8) is 0 Å². The van der Waals surface area contributed by atoms with Crippen LogP contribution >= 0.6 is 0 Å². The first-order valence-corrected chi connectivity index (χ1v) is 6.12. The summed E-state index contributed by atoms with van der Waals surface area (Å²) in [6, 6.07) is 0.462. The number of hydrogen-bond donors (Lipinski definition) is 3. The quantitative estimate of drug-likeness (QED) is 0.410. The summed E-state index contributed by atoms with van der Waals surface area (Å²) in [6.45, 7) is 3.82. The highest BCUT2D eigenvalue weighted by molar-refractivity contribution is 6.07. The molecule has 1 aromatic heterocycles. The van der Waals surface area contributed by atoms with Crippen molar-refractivity contribution in [3.8, 4) is 11.8 Å². The number of aliphatic carboxylic acids is 1. The topological polar surface area (TPSA) is 113 Å². The summed E-state index contributed by atoms with van der Waals surface area (Å²) in [5.74, 6) is -1.31. The summed E-state index contributed by atoms with van der Waals surface area (Å²) in [7, 11) is 1.38. The molecule has 0 bridgehead atoms. The summed E-state index contributed by atoms with van der Waals surface area (Å²) in [4.78, 5) is 20.1. The van der Waals surface area contributed by atoms with Gasteiger partial charge in [0.1, 0.15) is 18.4 Å². The fraction of sp³-hybridized carbons (Fsp3) is 0.308. The smallest absolute Gasteiger partial charge is 0.325 e. The maximum Gasteiger partial charge on any atom is 0.325 e. The van der Waals surface area contributed by atoms with Gasteiger partial charge in [-0.3, -0.25) is 10.1 Å². The van der Waals surface area contributed by atoms with Crippen molar-refractivity contribution < 1.29 is 24.6 Å². The lowest BCUT2D eigenvalue weighted by atomic mass is 9.94. The molecule has 8 heteroatoms. The first-order valence-electron chi connectivity index (χ1n) is 6.12. The van der Waals surface area contributed by atoms with E-state index >= 15 is 0 Å². The number of ether oxygens (including phenoxy) is 1. The van der Waals surface area contributed by atoms with E-state index in [0.717, 1.165) is 0 Å². The Balaban J connectivity index is 2.51. The first kappa shape index (κ1) is 14.8. The van der Waals surface area contributed by atoms with Gasteiger partial charge in [-0.15, -0.1) is 0 Å². The number of aromatic hydroxyl groups is 1. The lowest BCUT2D eigenvalue weighted by molar-refractivity contribution is -0.139. The predicted molar refractivity (Wildman–Crippen MR) is 73.5 cm³/mol. The van der Waals surface area contributed by atoms with Crippen LogP contribution in [0.5, 0.6) is 11.8 Å². The fourth-order valence-corrected chi connectivity index (χ4v) is 2.02. The van der Waals surface area contributed by atoms with Crippen LogP contribution in [0.4, 0.5) is 0 Å². The van der Waals surface area contributed by atoms with E-state index in [9.17, 15) is 15.0 Å². The second kappa shape index (κ2) is 6.23. The maximum absolute atomic E-state index is 11.3. The van der Waals surface area contributed by atoms with Gasteiger partial charge in [-0.2, -0.15) is 4.98 Å². The van der Waals surface area contributed by atoms with Crippen LogP contribution in [-0.4, -0.2) is 47.1 Å². The van der Waals surface area contributed by atoms with E-state index in [4.69, 9.17) is 9.57 Å². The van der Waals surface area contributed by atoms with Gasteiger partial charge in [0.2, 0.25) is 11.8 Å². The van der Waals surface area contributed by atoms with Gasteiger partial charge in [0.05, 0.1) is 12.7 Å². The molecular formula is C13H15N3O5. The van der Waals surface area contributed by atoms with Crippen LogP contribution in [0.2, 0.25) is 0 Å². The molecule has 0 fully saturated rings. The number of carbonyl (C=O) groups is 1. The van der Waals surface area contributed by atoms with Crippen molar-refractivity contribution in [1.29, 1.82) is 0 Å². The Morgan fingerprint density at radius 1 is 1.71 bits per heavy atom. The Kier molecular flexibility index (Phi) is 4.39. The molecule has 1 unspecified atom stereocenters. The third-order valence-corrected chi connectivity index (χ3v) is 2.90. The molecule has 1 aliphatic rings. The Morgan fingerprint density at radius 3 is 3.10 bits per heavy atom. The molecule has 8 nitrogen and oxygen atoms in total. The van der Waals surface area contributed by atoms with Gasteiger partial charge in [0.15, 0.2) is 0 Å². The van der Waals surface area contributed by atoms with Gasteiger partial charge in [-0.05, 0) is 0 Å². The summed E-state index contributed by atoms with van der Waals surface area (Å²) in [5, 5.41) is 25.9. The van der Waals surface area contributed by atoms with E-state index < -0.39 is 12.0 Å². The van der Waals surface area contributed by atoms with Crippen LogP contribution < -0.4 is 10.1 Å². The summed E-state index contributed by atoms with van der Waals surface area (Å²) >= 11 is 0. The van der Waals surface area contributed by atoms with Crippen LogP contribution in [0.25, 0.3) is 0 Å². The van der Waals surface area contributed by atoms with Crippen LogP contribution in [0.15, 0.2) is 23.9 Å². The van der Waals surface area contributed by atoms with E-state index in [0.29, 0.717) is 11.3 Å². The first-order chi connectivity index (χ1) is 10.1. The lowest BCUT2D eigenvalue weighted by Crippen LogP contribution is -2.39. The fourth-order valence-electron chi connectivity index (χ4n) is 2.02. The van der Waals surface area contributed by atoms with Crippen LogP contribution in [0.3, 0.4) is 0 Å². The highest BCUT2D eigenvalue weighted by Gasteiger charge is 2.33. The molecule has 112 valence electrons. The molecule has 0 aliphatic carbocycles. The van der Waals surface area contributed by atoms with Crippen LogP contribution in [0, 0.1) is 0 Å². The van der Waals surface area contributed by atoms with E-state index in [1.54, 1.807) is 0 Å². The van der Waals surface area contributed by atoms with Crippen molar-refractivity contribution >= 4 is 11.7 Å². The largest absolute Gasteiger partial charge is 0.493 e. The molecule has 1 aromatic rings. The third kappa shape index (κ3) is 2.95. The molecule has 1 aliphatic heterocycles. The molecule has 0 spiro atoms. The van der Waals surface area contributed by atoms with E-state index in [2.05, 4.69) is 22.0 Å². The molecule has 3 N–H and O–H groups in total. The van der Waals surface area contributed by atoms with Gasteiger partial charge in [-0.25, -0.2) is 0 Å². The maximum atomic E-state index is 11.3. The second-order valence-corrected chi connectivity index (χ2v) is 4.23. The minimum Gasteiger partial charge on any atom is -0.493 e. The predicted octanol–water partition coefficient (Wildman–Crippen LogP) is 0.431. The number of oxime groups is 1. The van der Waals surface area contributed by atoms with E-state index in [-0.39, 0.29) is 30.5 Å². The number of carboxylic acid groups (broad SMARTS) is 1. The van der Waals surface area contributed by atoms with Crippen LogP contribution in [-0.2, 0) is 9.63 Å². The molecule has 0 saturated carbocycles. The number of rotatable bonds is 5. The summed E-state index contributed by atoms with van der Waals surface area (Å²) in [5.41, 5.74) is 0.919. The van der Waals surface area contributed by atoms with Crippen molar-refractivity contribution in [2.45, 2.75) is 6.04 Å². The summed E-state index contributed by atoms with van der Waals surface area (Å²) < 4.78 is 4.95. The van der Waals surface area contributed by atoms with E-state index in [1.807, 2.05) is 0 Å². The monoisotopic (exact) mass is 293 g/mol. The van der Waals surface area contributed by atoms with Crippen molar-refractivity contribution in [2.24, 2.45) is 5.16 Å². The second-order valence-electron chi connectivity index (χ2n) is 4.23. The van der Waals surface area contributed by atoms with Crippen molar-refractivity contribution in [1.82, 2.24) is 10.3 Å². The number of aromatic nitrogens is 1. The van der Waals surface area contributed by atoms with Gasteiger partial charge >= 0.3 is 5.97 Å². The minimum atomic E-state index is -1.07. The number of hydrogen-bond acceptors (Lipinski definition) is 7. The molecule has 2 rings (SSSR count). The Labute approximate surface area is 120 Å². The molecule has 1 atom stereocenters. The normalized spacial score (nSPS) is 18.9. The van der Waals surface area contributed by atoms with Crippen molar-refractivity contribution in [3.05, 3.63) is 29.8 Å². The number of fused-ring (bicyclic) bond motifs is 1. The molecule has 0 aromatic carbocycles. The molecule has 2 heterocycles. The SMILES string of the molecule is C=CCO/N=C1\CNC(C(=O)O)c2cc(OC)nc(O)c21. The highest BCUT2D eigenvalue weighted by Crippen LogP contribution is 2.32. The van der Waals surface area contributed by atoms with Crippen LogP contribution in [0.1, 0.15) is 17.2 Å². The zero-order chi connectivity index (χ0) is 15.4. The molecule has 0 saturated heterocycles. The molecule has 21 heavy (non-hydrogen) atoms. The number of nitrogens with one attached hydrogen (secondary N) is 1. The molecule has 0 amide bonds. The standard InChI is InChI=1S/C13H15N3O5/c1-3-4-21-16-8-6-14-11(13(18)19)7-5-9(20-2)15-12(17)10(7)8/h3,5,11,14H,1,4,6H2,2H3,(H,15,17)(H,18,19)/b16-8+. The lowest BCUT2D eigenvalue weighted by Gasteiger charge is -2.25. The Bertz CT molecular complexity index is 600. The third-order valence-electron chi connectivity index (χ3n) is 2.90. The van der Waals surface area contributed by atoms with Gasteiger partial charge < -0.3 is 19.8 Å². The van der Waals surface area contributed by atoms with Gasteiger partial charge in [-0.1, -0.05) is 17.8 Å². The number of carboxylic acids is 1. The minimum absolute atomic E-state index is 0.118. The number of nitrogens with zero attached hydrogens (tertiary/aromatic N) is 2. The zero-order valence-corrected chi connectivity index (χ0v) is 11.4. The number of methoxy groups -OCH3 is 1.